The summed E-state index contributed by atoms with van der Waals surface area (Å²) < 4.78 is 5.46. The molecule has 0 atom stereocenters. The lowest BCUT2D eigenvalue weighted by atomic mass is 10.2. The van der Waals surface area contributed by atoms with Crippen LogP contribution in [-0.2, 0) is 11.3 Å². The van der Waals surface area contributed by atoms with Crippen molar-refractivity contribution < 1.29 is 4.74 Å². The fourth-order valence-electron chi connectivity index (χ4n) is 1.35. The summed E-state index contributed by atoms with van der Waals surface area (Å²) in [6.07, 6.45) is 3.31. The predicted molar refractivity (Wildman–Crippen MR) is 66.4 cm³/mol. The van der Waals surface area contributed by atoms with E-state index in [-0.39, 0.29) is 0 Å². The van der Waals surface area contributed by atoms with Gasteiger partial charge in [-0.2, -0.15) is 0 Å². The highest BCUT2D eigenvalue weighted by atomic mass is 16.5. The van der Waals surface area contributed by atoms with Crippen LogP contribution in [0, 0.1) is 6.92 Å². The first-order valence-corrected chi connectivity index (χ1v) is 5.92. The summed E-state index contributed by atoms with van der Waals surface area (Å²) in [4.78, 5) is 4.25. The van der Waals surface area contributed by atoms with Crippen molar-refractivity contribution in [2.24, 2.45) is 0 Å². The summed E-state index contributed by atoms with van der Waals surface area (Å²) in [5.41, 5.74) is 2.30. The number of nitrogens with zero attached hydrogens (tertiary/aromatic N) is 1. The molecule has 1 aromatic rings. The van der Waals surface area contributed by atoms with Gasteiger partial charge in [-0.05, 0) is 45.4 Å². The van der Waals surface area contributed by atoms with Crippen LogP contribution >= 0.6 is 0 Å². The van der Waals surface area contributed by atoms with Gasteiger partial charge in [-0.15, -0.1) is 0 Å². The molecule has 0 spiro atoms. The van der Waals surface area contributed by atoms with Crippen LogP contribution in [0.5, 0.6) is 0 Å². The van der Waals surface area contributed by atoms with E-state index in [1.54, 1.807) is 0 Å². The molecule has 0 aromatic carbocycles. The SMILES string of the molecule is Cc1ccc(CNCCCOC(C)C)cn1. The molecule has 3 nitrogen and oxygen atoms in total. The molecule has 0 amide bonds. The first kappa shape index (κ1) is 13.1. The normalized spacial score (nSPS) is 11.0. The third kappa shape index (κ3) is 5.83. The molecule has 90 valence electrons. The number of hydrogen-bond acceptors (Lipinski definition) is 3. The summed E-state index contributed by atoms with van der Waals surface area (Å²) in [6.45, 7) is 8.82. The Labute approximate surface area is 98.2 Å². The molecule has 1 N–H and O–H groups in total. The molecule has 0 radical (unpaired) electrons. The van der Waals surface area contributed by atoms with E-state index >= 15 is 0 Å². The third-order valence-corrected chi connectivity index (χ3v) is 2.25. The fourth-order valence-corrected chi connectivity index (χ4v) is 1.35. The van der Waals surface area contributed by atoms with E-state index in [1.807, 2.05) is 19.2 Å². The third-order valence-electron chi connectivity index (χ3n) is 2.25. The molecule has 0 bridgehead atoms. The van der Waals surface area contributed by atoms with Gasteiger partial charge in [-0.25, -0.2) is 0 Å². The van der Waals surface area contributed by atoms with Gasteiger partial charge in [0.25, 0.3) is 0 Å². The maximum atomic E-state index is 5.46. The molecule has 0 saturated heterocycles. The van der Waals surface area contributed by atoms with Crippen molar-refractivity contribution in [2.75, 3.05) is 13.2 Å². The van der Waals surface area contributed by atoms with E-state index in [0.29, 0.717) is 6.10 Å². The van der Waals surface area contributed by atoms with Gasteiger partial charge in [0, 0.05) is 25.0 Å². The van der Waals surface area contributed by atoms with Gasteiger partial charge in [0.1, 0.15) is 0 Å². The minimum atomic E-state index is 0.335. The monoisotopic (exact) mass is 222 g/mol. The number of ether oxygens (including phenoxy) is 1. The van der Waals surface area contributed by atoms with Crippen molar-refractivity contribution in [1.82, 2.24) is 10.3 Å². The summed E-state index contributed by atoms with van der Waals surface area (Å²) in [7, 11) is 0. The highest BCUT2D eigenvalue weighted by molar-refractivity contribution is 5.12. The summed E-state index contributed by atoms with van der Waals surface area (Å²) in [5, 5.41) is 3.37. The van der Waals surface area contributed by atoms with Gasteiger partial charge in [0.05, 0.1) is 6.10 Å². The molecule has 0 saturated carbocycles. The molecular formula is C13H22N2O. The largest absolute Gasteiger partial charge is 0.379 e. The number of aryl methyl sites for hydroxylation is 1. The minimum Gasteiger partial charge on any atom is -0.379 e. The smallest absolute Gasteiger partial charge is 0.0518 e. The Morgan fingerprint density at radius 1 is 1.38 bits per heavy atom. The van der Waals surface area contributed by atoms with Crippen LogP contribution in [0.15, 0.2) is 18.3 Å². The summed E-state index contributed by atoms with van der Waals surface area (Å²) >= 11 is 0. The Hall–Kier alpha value is -0.930. The average molecular weight is 222 g/mol. The second-order valence-corrected chi connectivity index (χ2v) is 4.26. The molecule has 1 heterocycles. The van der Waals surface area contributed by atoms with E-state index in [9.17, 15) is 0 Å². The van der Waals surface area contributed by atoms with E-state index < -0.39 is 0 Å². The van der Waals surface area contributed by atoms with Gasteiger partial charge < -0.3 is 10.1 Å². The van der Waals surface area contributed by atoms with Gasteiger partial charge in [-0.3, -0.25) is 4.98 Å². The quantitative estimate of drug-likeness (QED) is 0.719. The minimum absolute atomic E-state index is 0.335. The number of nitrogens with one attached hydrogen (secondary N) is 1. The highest BCUT2D eigenvalue weighted by Crippen LogP contribution is 1.98. The van der Waals surface area contributed by atoms with Crippen molar-refractivity contribution in [3.05, 3.63) is 29.6 Å². The molecular weight excluding hydrogens is 200 g/mol. The van der Waals surface area contributed by atoms with E-state index in [1.165, 1.54) is 5.56 Å². The zero-order chi connectivity index (χ0) is 11.8. The van der Waals surface area contributed by atoms with Crippen LogP contribution in [0.4, 0.5) is 0 Å². The predicted octanol–water partition coefficient (Wildman–Crippen LogP) is 2.29. The Morgan fingerprint density at radius 3 is 2.81 bits per heavy atom. The van der Waals surface area contributed by atoms with E-state index in [4.69, 9.17) is 4.74 Å². The van der Waals surface area contributed by atoms with Crippen LogP contribution < -0.4 is 5.32 Å². The lowest BCUT2D eigenvalue weighted by Crippen LogP contribution is -2.17. The molecule has 1 aromatic heterocycles. The Morgan fingerprint density at radius 2 is 2.19 bits per heavy atom. The van der Waals surface area contributed by atoms with Crippen LogP contribution in [-0.4, -0.2) is 24.2 Å². The Bertz CT molecular complexity index is 282. The van der Waals surface area contributed by atoms with Crippen LogP contribution in [0.2, 0.25) is 0 Å². The van der Waals surface area contributed by atoms with Gasteiger partial charge in [0.2, 0.25) is 0 Å². The van der Waals surface area contributed by atoms with Gasteiger partial charge >= 0.3 is 0 Å². The van der Waals surface area contributed by atoms with Gasteiger partial charge in [-0.1, -0.05) is 6.07 Å². The number of hydrogen-bond donors (Lipinski definition) is 1. The molecule has 1 rings (SSSR count). The number of rotatable bonds is 7. The maximum Gasteiger partial charge on any atom is 0.0518 e. The van der Waals surface area contributed by atoms with Crippen LogP contribution in [0.1, 0.15) is 31.5 Å². The first-order valence-electron chi connectivity index (χ1n) is 5.92. The Kier molecular flexibility index (Phi) is 6.04. The lowest BCUT2D eigenvalue weighted by molar-refractivity contribution is 0.0770. The summed E-state index contributed by atoms with van der Waals surface area (Å²) in [6, 6.07) is 4.15. The average Bonchev–Trinajstić information content (AvgIpc) is 2.25. The molecule has 3 heteroatoms. The highest BCUT2D eigenvalue weighted by Gasteiger charge is 1.95. The summed E-state index contributed by atoms with van der Waals surface area (Å²) in [5.74, 6) is 0. The standard InChI is InChI=1S/C13H22N2O/c1-11(2)16-8-4-7-14-9-13-6-5-12(3)15-10-13/h5-6,10-11,14H,4,7-9H2,1-3H3. The lowest BCUT2D eigenvalue weighted by Gasteiger charge is -2.08. The fraction of sp³-hybridized carbons (Fsp3) is 0.615. The zero-order valence-corrected chi connectivity index (χ0v) is 10.5. The van der Waals surface area contributed by atoms with Crippen molar-refractivity contribution in [3.63, 3.8) is 0 Å². The molecule has 0 aliphatic rings. The molecule has 0 unspecified atom stereocenters. The molecule has 0 aliphatic heterocycles. The van der Waals surface area contributed by atoms with Gasteiger partial charge in [0.15, 0.2) is 0 Å². The van der Waals surface area contributed by atoms with Crippen molar-refractivity contribution in [2.45, 2.75) is 39.8 Å². The van der Waals surface area contributed by atoms with E-state index in [2.05, 4.69) is 30.2 Å². The van der Waals surface area contributed by atoms with Crippen LogP contribution in [0.25, 0.3) is 0 Å². The van der Waals surface area contributed by atoms with Crippen LogP contribution in [0.3, 0.4) is 0 Å². The topological polar surface area (TPSA) is 34.1 Å². The molecule has 16 heavy (non-hydrogen) atoms. The van der Waals surface area contributed by atoms with Crippen molar-refractivity contribution in [3.8, 4) is 0 Å². The second-order valence-electron chi connectivity index (χ2n) is 4.26. The second kappa shape index (κ2) is 7.36. The zero-order valence-electron chi connectivity index (χ0n) is 10.5. The van der Waals surface area contributed by atoms with Crippen molar-refractivity contribution in [1.29, 1.82) is 0 Å². The van der Waals surface area contributed by atoms with Crippen molar-refractivity contribution >= 4 is 0 Å². The number of pyridine rings is 1. The molecule has 0 aliphatic carbocycles. The van der Waals surface area contributed by atoms with E-state index in [0.717, 1.165) is 31.8 Å². The molecule has 0 fully saturated rings. The first-order chi connectivity index (χ1) is 7.68. The Balaban J connectivity index is 2.05. The maximum absolute atomic E-state index is 5.46. The number of aromatic nitrogens is 1.